The molecule has 9 heteroatoms. The van der Waals surface area contributed by atoms with Crippen LogP contribution in [-0.4, -0.2) is 60.9 Å². The molecule has 2 aromatic carbocycles. The van der Waals surface area contributed by atoms with Crippen LogP contribution in [0.25, 0.3) is 20.2 Å². The van der Waals surface area contributed by atoms with E-state index in [0.717, 1.165) is 4.70 Å². The normalized spacial score (nSPS) is 31.8. The lowest BCUT2D eigenvalue weighted by Gasteiger charge is -2.37. The van der Waals surface area contributed by atoms with Gasteiger partial charge in [-0.25, -0.2) is 4.79 Å². The third-order valence-electron chi connectivity index (χ3n) is 5.11. The van der Waals surface area contributed by atoms with E-state index >= 15 is 0 Å². The summed E-state index contributed by atoms with van der Waals surface area (Å²) >= 11 is 12.3. The van der Waals surface area contributed by atoms with E-state index in [1.165, 1.54) is 55.6 Å². The zero-order valence-electron chi connectivity index (χ0n) is 37.9. The van der Waals surface area contributed by atoms with Crippen molar-refractivity contribution in [1.29, 1.82) is 0 Å². The largest absolute Gasteiger partial charge is 0.444 e. The van der Waals surface area contributed by atoms with Gasteiger partial charge >= 0.3 is 6.09 Å². The molecule has 0 spiro atoms. The number of fused-ring (bicyclic) bond motifs is 2. The molecule has 4 aromatic rings. The first-order chi connectivity index (χ1) is 25.3. The number of hydrogen-bond donors (Lipinski definition) is 0. The number of alkyl halides is 2. The molecule has 2 aliphatic heterocycles. The maximum Gasteiger partial charge on any atom is 0.410 e. The monoisotopic (exact) mass is 635 g/mol. The highest BCUT2D eigenvalue weighted by Gasteiger charge is 2.26. The lowest BCUT2D eigenvalue weighted by atomic mass is 10.1. The van der Waals surface area contributed by atoms with E-state index in [1.54, 1.807) is 41.1 Å². The number of halogens is 2. The minimum Gasteiger partial charge on any atom is -0.444 e. The van der Waals surface area contributed by atoms with Gasteiger partial charge < -0.3 is 19.4 Å². The quantitative estimate of drug-likeness (QED) is 0.206. The number of carbonyl (C=O) groups is 1. The van der Waals surface area contributed by atoms with E-state index in [-0.39, 0.29) is 21.6 Å². The van der Waals surface area contributed by atoms with Crippen LogP contribution in [0.1, 0.15) is 61.9 Å². The molecule has 0 aliphatic carbocycles. The van der Waals surface area contributed by atoms with Gasteiger partial charge in [-0.3, -0.25) is 0 Å². The molecule has 6 rings (SSSR count). The van der Waals surface area contributed by atoms with Gasteiger partial charge in [-0.1, -0.05) is 12.1 Å². The van der Waals surface area contributed by atoms with Crippen LogP contribution in [0.2, 0.25) is 0 Å². The second-order valence-corrected chi connectivity index (χ2v) is 11.7. The van der Waals surface area contributed by atoms with E-state index in [4.69, 9.17) is 49.9 Å². The minimum atomic E-state index is -3.28. The summed E-state index contributed by atoms with van der Waals surface area (Å²) in [6.07, 6.45) is -7.42. The molecule has 40 heavy (non-hydrogen) atoms. The molecule has 216 valence electrons. The highest BCUT2D eigenvalue weighted by atomic mass is 35.5. The first kappa shape index (κ1) is 15.9. The van der Waals surface area contributed by atoms with Crippen molar-refractivity contribution in [2.45, 2.75) is 45.5 Å². The number of thiophene rings is 2. The van der Waals surface area contributed by atoms with Crippen molar-refractivity contribution in [1.82, 2.24) is 4.90 Å². The second-order valence-electron chi connectivity index (χ2n) is 9.01. The first-order valence-corrected chi connectivity index (χ1v) is 14.8. The van der Waals surface area contributed by atoms with E-state index in [2.05, 4.69) is 0 Å². The average Bonchev–Trinajstić information content (AvgIpc) is 3.69. The Bertz CT molecular complexity index is 2000. The van der Waals surface area contributed by atoms with Gasteiger partial charge in [-0.05, 0) is 87.1 Å². The predicted octanol–water partition coefficient (Wildman–Crippen LogP) is 9.27. The number of ether oxygens (including phenoxy) is 1. The molecule has 5 nitrogen and oxygen atoms in total. The fraction of sp³-hybridized carbons (Fsp3) is 0.452. The number of amides is 1. The number of benzene rings is 2. The Labute approximate surface area is 278 Å². The number of nitrogens with zero attached hydrogens (tertiary/aromatic N) is 3. The lowest BCUT2D eigenvalue weighted by Crippen LogP contribution is -2.50. The molecule has 2 fully saturated rings. The molecule has 4 heterocycles. The molecule has 0 radical (unpaired) electrons. The van der Waals surface area contributed by atoms with Gasteiger partial charge in [0.25, 0.3) is 0 Å². The van der Waals surface area contributed by atoms with E-state index in [0.29, 0.717) is 25.3 Å². The van der Waals surface area contributed by atoms with E-state index in [1.807, 2.05) is 6.07 Å². The number of anilines is 2. The fourth-order valence-corrected chi connectivity index (χ4v) is 5.17. The predicted molar refractivity (Wildman–Crippen MR) is 176 cm³/mol. The van der Waals surface area contributed by atoms with Crippen LogP contribution >= 0.6 is 45.9 Å². The fourth-order valence-electron chi connectivity index (χ4n) is 3.55. The van der Waals surface area contributed by atoms with Crippen LogP contribution in [0.15, 0.2) is 59.3 Å². The average molecular weight is 637 g/mol. The summed E-state index contributed by atoms with van der Waals surface area (Å²) in [5.74, 6) is 0. The molecule has 0 unspecified atom stereocenters. The van der Waals surface area contributed by atoms with Gasteiger partial charge in [0, 0.05) is 81.5 Å². The van der Waals surface area contributed by atoms with Crippen molar-refractivity contribution in [2.75, 3.05) is 54.1 Å². The molecule has 2 aromatic heterocycles. The van der Waals surface area contributed by atoms with Crippen molar-refractivity contribution in [3.63, 3.8) is 0 Å². The number of carbonyl (C=O) groups excluding carboxylic acids is 1. The molecular formula is C31H39Cl2N3O2S2. The molecule has 0 saturated carbocycles. The van der Waals surface area contributed by atoms with Gasteiger partial charge in [0.15, 0.2) is 0 Å². The zero-order chi connectivity index (χ0) is 42.9. The lowest BCUT2D eigenvalue weighted by molar-refractivity contribution is 0.0240. The van der Waals surface area contributed by atoms with Crippen molar-refractivity contribution in [3.05, 3.63) is 59.3 Å². The number of piperidine rings is 1. The minimum absolute atomic E-state index is 0.0136. The molecule has 0 atom stereocenters. The summed E-state index contributed by atoms with van der Waals surface area (Å²) < 4.78 is 139. The number of piperazine rings is 1. The third-order valence-corrected chi connectivity index (χ3v) is 6.87. The number of hydrogen-bond acceptors (Lipinski definition) is 6. The molecule has 0 N–H and O–H groups in total. The molecule has 1 amide bonds. The van der Waals surface area contributed by atoms with Gasteiger partial charge in [0.2, 0.25) is 0 Å². The van der Waals surface area contributed by atoms with Crippen molar-refractivity contribution in [3.8, 4) is 0 Å². The summed E-state index contributed by atoms with van der Waals surface area (Å²) in [7, 11) is 0. The molecule has 0 bridgehead atoms. The van der Waals surface area contributed by atoms with Gasteiger partial charge in [0.1, 0.15) is 5.60 Å². The van der Waals surface area contributed by atoms with Crippen LogP contribution in [0.3, 0.4) is 0 Å². The summed E-state index contributed by atoms with van der Waals surface area (Å²) in [6, 6.07) is 13.0. The highest BCUT2D eigenvalue weighted by molar-refractivity contribution is 7.17. The second kappa shape index (κ2) is 14.6. The van der Waals surface area contributed by atoms with Crippen LogP contribution in [0, 0.1) is 0 Å². The van der Waals surface area contributed by atoms with Crippen molar-refractivity contribution < 1.29 is 31.5 Å². The Kier molecular flexibility index (Phi) is 5.80. The van der Waals surface area contributed by atoms with Crippen LogP contribution in [0.4, 0.5) is 16.2 Å². The first-order valence-electron chi connectivity index (χ1n) is 20.0. The zero-order valence-corrected chi connectivity index (χ0v) is 25.1. The smallest absolute Gasteiger partial charge is 0.410 e. The third kappa shape index (κ3) is 8.19. The van der Waals surface area contributed by atoms with Gasteiger partial charge in [0.05, 0.1) is 16.3 Å². The Balaban J connectivity index is 0.000000239. The van der Waals surface area contributed by atoms with Gasteiger partial charge in [-0.15, -0.1) is 45.9 Å². The topological polar surface area (TPSA) is 36.0 Å². The van der Waals surface area contributed by atoms with Crippen molar-refractivity contribution >= 4 is 83.5 Å². The van der Waals surface area contributed by atoms with E-state index in [9.17, 15) is 4.79 Å². The summed E-state index contributed by atoms with van der Waals surface area (Å²) in [6.45, 7) is -13.8. The molecule has 2 saturated heterocycles. The summed E-state index contributed by atoms with van der Waals surface area (Å²) in [5.41, 5.74) is -0.978. The van der Waals surface area contributed by atoms with Crippen molar-refractivity contribution in [2.24, 2.45) is 0 Å². The SMILES string of the molecule is ClCCl.[2H]C1([2H])CC([2H])([2H])C([2H])([2H])N(c2cccc3sccc23)C1([2H])[2H].[2H]C1([2H])N(C(=O)OC(C)(C)C)C([2H])([2H])C([2H])([2H])N(c2cccc3sccc23)C1([2H])[2H]. The Morgan fingerprint density at radius 3 is 1.77 bits per heavy atom. The standard InChI is InChI=1S/C17H22N2O2S.C13H15NS.CH2Cl2/c1-17(2,3)21-16(20)19-10-8-18(9-11-19)14-5-4-6-15-13(14)7-12-22-15;1-2-8-14(9-3-1)12-5-4-6-13-11(12)7-10-15-13;2-1-3/h4-7,12H,8-11H2,1-3H3;4-7,10H,1-3,8-9H2;1H2/i8D2,9D2,10D2,11D2;2D2,3D2,8D2,9D2;. The molecular weight excluding hydrogens is 581 g/mol. The van der Waals surface area contributed by atoms with Gasteiger partial charge in [-0.2, -0.15) is 0 Å². The maximum absolute atomic E-state index is 12.7. The highest BCUT2D eigenvalue weighted by Crippen LogP contribution is 2.32. The van der Waals surface area contributed by atoms with Crippen LogP contribution in [-0.2, 0) is 4.74 Å². The Hall–Kier alpha value is -2.19. The maximum atomic E-state index is 12.7. The summed E-state index contributed by atoms with van der Waals surface area (Å²) in [4.78, 5) is 13.7. The van der Waals surface area contributed by atoms with Crippen LogP contribution < -0.4 is 9.80 Å². The molecule has 2 aliphatic rings. The Morgan fingerprint density at radius 2 is 1.30 bits per heavy atom. The van der Waals surface area contributed by atoms with Crippen LogP contribution in [0.5, 0.6) is 0 Å². The number of rotatable bonds is 2. The Morgan fingerprint density at radius 1 is 0.825 bits per heavy atom. The summed E-state index contributed by atoms with van der Waals surface area (Å²) in [5, 5.41) is 4.73. The van der Waals surface area contributed by atoms with E-state index < -0.39 is 69.8 Å².